The highest BCUT2D eigenvalue weighted by atomic mass is 14.8. The molecule has 21 heavy (non-hydrogen) atoms. The molecule has 5 rings (SSSR count). The number of aryl methyl sites for hydroxylation is 1. The summed E-state index contributed by atoms with van der Waals surface area (Å²) >= 11 is 0. The molecular weight excluding hydrogens is 256 g/mol. The molecule has 0 fully saturated rings. The van der Waals surface area contributed by atoms with Gasteiger partial charge < -0.3 is 9.97 Å². The van der Waals surface area contributed by atoms with E-state index in [-0.39, 0.29) is 0 Å². The monoisotopic (exact) mass is 270 g/mol. The van der Waals surface area contributed by atoms with Gasteiger partial charge in [0.2, 0.25) is 0 Å². The molecule has 0 saturated carbocycles. The number of para-hydroxylation sites is 1. The van der Waals surface area contributed by atoms with E-state index in [2.05, 4.69) is 71.5 Å². The van der Waals surface area contributed by atoms with E-state index >= 15 is 0 Å². The average molecular weight is 270 g/mol. The van der Waals surface area contributed by atoms with Crippen LogP contribution >= 0.6 is 0 Å². The largest absolute Gasteiger partial charge is 0.353 e. The van der Waals surface area contributed by atoms with Gasteiger partial charge in [-0.2, -0.15) is 0 Å². The number of fused-ring (bicyclic) bond motifs is 7. The molecule has 2 nitrogen and oxygen atoms in total. The zero-order chi connectivity index (χ0) is 14.0. The molecule has 0 radical (unpaired) electrons. The van der Waals surface area contributed by atoms with E-state index in [1.165, 1.54) is 49.2 Å². The molecule has 2 heterocycles. The van der Waals surface area contributed by atoms with Crippen molar-refractivity contribution in [3.63, 3.8) is 0 Å². The zero-order valence-corrected chi connectivity index (χ0v) is 11.7. The first-order valence-corrected chi connectivity index (χ1v) is 7.23. The van der Waals surface area contributed by atoms with E-state index in [1.807, 2.05) is 0 Å². The summed E-state index contributed by atoms with van der Waals surface area (Å²) in [5.74, 6) is 0. The minimum atomic E-state index is 1.19. The van der Waals surface area contributed by atoms with Gasteiger partial charge in [-0.3, -0.25) is 0 Å². The lowest BCUT2D eigenvalue weighted by atomic mass is 10.1. The maximum Gasteiger partial charge on any atom is 0.0710 e. The molecule has 3 aromatic carbocycles. The van der Waals surface area contributed by atoms with Crippen LogP contribution in [0.1, 0.15) is 5.56 Å². The Kier molecular flexibility index (Phi) is 1.92. The molecule has 0 aliphatic heterocycles. The number of hydrogen-bond donors (Lipinski definition) is 2. The molecule has 0 atom stereocenters. The number of aromatic amines is 2. The summed E-state index contributed by atoms with van der Waals surface area (Å²) in [6.45, 7) is 2.13. The van der Waals surface area contributed by atoms with Crippen LogP contribution < -0.4 is 0 Å². The molecule has 0 amide bonds. The fourth-order valence-electron chi connectivity index (χ4n) is 3.40. The summed E-state index contributed by atoms with van der Waals surface area (Å²) in [4.78, 5) is 7.16. The molecule has 5 aromatic rings. The van der Waals surface area contributed by atoms with Crippen LogP contribution in [0.4, 0.5) is 0 Å². The summed E-state index contributed by atoms with van der Waals surface area (Å²) in [5, 5.41) is 5.13. The van der Waals surface area contributed by atoms with Crippen molar-refractivity contribution in [2.75, 3.05) is 0 Å². The van der Waals surface area contributed by atoms with Crippen molar-refractivity contribution in [3.8, 4) is 0 Å². The summed E-state index contributed by atoms with van der Waals surface area (Å²) in [5.41, 5.74) is 6.07. The molecule has 0 unspecified atom stereocenters. The van der Waals surface area contributed by atoms with Gasteiger partial charge >= 0.3 is 0 Å². The molecule has 0 saturated heterocycles. The van der Waals surface area contributed by atoms with Gasteiger partial charge in [-0.05, 0) is 24.6 Å². The van der Waals surface area contributed by atoms with Crippen LogP contribution in [0.5, 0.6) is 0 Å². The van der Waals surface area contributed by atoms with Crippen LogP contribution in [0.2, 0.25) is 0 Å². The lowest BCUT2D eigenvalue weighted by molar-refractivity contribution is 1.47. The quantitative estimate of drug-likeness (QED) is 0.384. The zero-order valence-electron chi connectivity index (χ0n) is 11.7. The van der Waals surface area contributed by atoms with Crippen LogP contribution in [0.3, 0.4) is 0 Å². The van der Waals surface area contributed by atoms with Crippen LogP contribution in [-0.2, 0) is 0 Å². The normalized spacial score (nSPS) is 12.0. The molecule has 2 aromatic heterocycles. The highest BCUT2D eigenvalue weighted by molar-refractivity contribution is 6.21. The smallest absolute Gasteiger partial charge is 0.0710 e. The highest BCUT2D eigenvalue weighted by Crippen LogP contribution is 2.34. The van der Waals surface area contributed by atoms with E-state index in [0.29, 0.717) is 0 Å². The lowest BCUT2D eigenvalue weighted by Gasteiger charge is -1.94. The highest BCUT2D eigenvalue weighted by Gasteiger charge is 2.11. The summed E-state index contributed by atoms with van der Waals surface area (Å²) in [6.07, 6.45) is 0. The first-order valence-electron chi connectivity index (χ1n) is 7.23. The maximum absolute atomic E-state index is 3.59. The summed E-state index contributed by atoms with van der Waals surface area (Å²) in [6, 6.07) is 19.5. The van der Waals surface area contributed by atoms with Gasteiger partial charge in [-0.15, -0.1) is 0 Å². The third kappa shape index (κ3) is 1.37. The van der Waals surface area contributed by atoms with E-state index in [9.17, 15) is 0 Å². The molecule has 100 valence electrons. The predicted molar refractivity (Wildman–Crippen MR) is 89.9 cm³/mol. The van der Waals surface area contributed by atoms with Crippen molar-refractivity contribution in [2.45, 2.75) is 6.92 Å². The Hall–Kier alpha value is -2.74. The Bertz CT molecular complexity index is 1140. The fourth-order valence-corrected chi connectivity index (χ4v) is 3.40. The topological polar surface area (TPSA) is 31.6 Å². The van der Waals surface area contributed by atoms with Crippen molar-refractivity contribution < 1.29 is 0 Å². The number of rotatable bonds is 0. The number of nitrogens with one attached hydrogen (secondary N) is 2. The second kappa shape index (κ2) is 3.67. The van der Waals surface area contributed by atoms with E-state index in [1.54, 1.807) is 0 Å². The summed E-state index contributed by atoms with van der Waals surface area (Å²) in [7, 11) is 0. The first-order chi connectivity index (χ1) is 10.3. The molecular formula is C19H14N2. The second-order valence-electron chi connectivity index (χ2n) is 5.76. The van der Waals surface area contributed by atoms with Gasteiger partial charge in [0.1, 0.15) is 0 Å². The van der Waals surface area contributed by atoms with Crippen LogP contribution in [-0.4, -0.2) is 9.97 Å². The van der Waals surface area contributed by atoms with E-state index < -0.39 is 0 Å². The van der Waals surface area contributed by atoms with E-state index in [0.717, 1.165) is 0 Å². The Morgan fingerprint density at radius 2 is 1.24 bits per heavy atom. The molecule has 0 aliphatic carbocycles. The van der Waals surface area contributed by atoms with Crippen LogP contribution in [0, 0.1) is 6.92 Å². The van der Waals surface area contributed by atoms with Gasteiger partial charge in [0, 0.05) is 32.6 Å². The summed E-state index contributed by atoms with van der Waals surface area (Å²) < 4.78 is 0. The van der Waals surface area contributed by atoms with Crippen LogP contribution in [0.25, 0.3) is 43.6 Å². The Morgan fingerprint density at radius 1 is 0.619 bits per heavy atom. The van der Waals surface area contributed by atoms with Gasteiger partial charge in [0.15, 0.2) is 0 Å². The van der Waals surface area contributed by atoms with Gasteiger partial charge in [-0.25, -0.2) is 0 Å². The van der Waals surface area contributed by atoms with Crippen molar-refractivity contribution in [2.24, 2.45) is 0 Å². The SMILES string of the molecule is Cc1ccc2c(c1)[nH]c1c2ccc2c3ccccc3[nH]c21. The van der Waals surface area contributed by atoms with Gasteiger partial charge in [0.25, 0.3) is 0 Å². The molecule has 2 N–H and O–H groups in total. The van der Waals surface area contributed by atoms with Crippen molar-refractivity contribution in [3.05, 3.63) is 60.2 Å². The third-order valence-corrected chi connectivity index (χ3v) is 4.41. The fraction of sp³-hybridized carbons (Fsp3) is 0.0526. The number of hydrogen-bond acceptors (Lipinski definition) is 0. The average Bonchev–Trinajstić information content (AvgIpc) is 3.04. The predicted octanol–water partition coefficient (Wildman–Crippen LogP) is 5.26. The molecule has 0 aliphatic rings. The lowest BCUT2D eigenvalue weighted by Crippen LogP contribution is -1.72. The molecule has 2 heteroatoms. The van der Waals surface area contributed by atoms with Crippen molar-refractivity contribution >= 4 is 43.6 Å². The Balaban J connectivity index is 2.06. The van der Waals surface area contributed by atoms with Gasteiger partial charge in [-0.1, -0.05) is 42.5 Å². The third-order valence-electron chi connectivity index (χ3n) is 4.41. The first kappa shape index (κ1) is 11.0. The van der Waals surface area contributed by atoms with Crippen molar-refractivity contribution in [1.82, 2.24) is 9.97 Å². The van der Waals surface area contributed by atoms with E-state index in [4.69, 9.17) is 0 Å². The Morgan fingerprint density at radius 3 is 2.05 bits per heavy atom. The second-order valence-corrected chi connectivity index (χ2v) is 5.76. The number of H-pyrrole nitrogens is 2. The standard InChI is InChI=1S/C19H14N2/c1-11-6-7-13-15-9-8-14-12-4-2-3-5-16(12)20-18(14)19(15)21-17(13)10-11/h2-10,20-21H,1H3. The van der Waals surface area contributed by atoms with Crippen molar-refractivity contribution in [1.29, 1.82) is 0 Å². The number of aromatic nitrogens is 2. The number of benzene rings is 3. The molecule has 0 bridgehead atoms. The maximum atomic E-state index is 3.59. The molecule has 0 spiro atoms. The minimum Gasteiger partial charge on any atom is -0.353 e. The minimum absolute atomic E-state index is 1.19. The van der Waals surface area contributed by atoms with Gasteiger partial charge in [0.05, 0.1) is 11.0 Å². The Labute approximate surface area is 121 Å². The van der Waals surface area contributed by atoms with Crippen LogP contribution in [0.15, 0.2) is 54.6 Å².